The molecule has 0 fully saturated rings. The summed E-state index contributed by atoms with van der Waals surface area (Å²) in [7, 11) is 0. The summed E-state index contributed by atoms with van der Waals surface area (Å²) in [4.78, 5) is 27.8. The molecule has 0 aromatic rings. The van der Waals surface area contributed by atoms with E-state index in [1.807, 2.05) is 0 Å². The van der Waals surface area contributed by atoms with Crippen LogP contribution in [0.2, 0.25) is 0 Å². The minimum atomic E-state index is -0.981. The van der Waals surface area contributed by atoms with Crippen LogP contribution in [0.25, 0.3) is 0 Å². The van der Waals surface area contributed by atoms with Gasteiger partial charge in [-0.05, 0) is 6.42 Å². The molecule has 128 valence electrons. The third-order valence-electron chi connectivity index (χ3n) is 1.20. The highest BCUT2D eigenvalue weighted by Crippen LogP contribution is 1.84. The molecule has 0 bridgehead atoms. The first-order valence-electron chi connectivity index (χ1n) is 5.58. The van der Waals surface area contributed by atoms with Gasteiger partial charge in [0.15, 0.2) is 0 Å². The summed E-state index contributed by atoms with van der Waals surface area (Å²) in [5.74, 6) is -2.94. The maximum atomic E-state index is 9.25. The summed E-state index contributed by atoms with van der Waals surface area (Å²) in [6, 6.07) is 0. The quantitative estimate of drug-likeness (QED) is 0.352. The van der Waals surface area contributed by atoms with E-state index in [1.165, 1.54) is 0 Å². The van der Waals surface area contributed by atoms with E-state index in [4.69, 9.17) is 30.6 Å². The molecule has 6 N–H and O–H groups in total. The van der Waals surface area contributed by atoms with Crippen LogP contribution in [0.5, 0.6) is 0 Å². The lowest BCUT2D eigenvalue weighted by Crippen LogP contribution is -2.12. The number of aliphatic carboxylic acids is 3. The standard InChI is InChI=1S/C4H10O3.3C3H4O2/c5-2-1-4(7)3-6;3*1-2-3(4)5/h4-7H,1-3H2;3*2H,1H2,(H,4,5). The molecule has 0 rings (SSSR count). The molecule has 0 aliphatic rings. The lowest BCUT2D eigenvalue weighted by atomic mass is 10.3. The van der Waals surface area contributed by atoms with Crippen molar-refractivity contribution in [2.75, 3.05) is 13.2 Å². The van der Waals surface area contributed by atoms with Gasteiger partial charge in [-0.25, -0.2) is 14.4 Å². The van der Waals surface area contributed by atoms with Gasteiger partial charge >= 0.3 is 17.9 Å². The third-order valence-corrected chi connectivity index (χ3v) is 1.20. The molecule has 0 aromatic carbocycles. The molecule has 0 saturated carbocycles. The molecule has 0 spiro atoms. The second-order valence-electron chi connectivity index (χ2n) is 2.98. The minimum absolute atomic E-state index is 0.0677. The van der Waals surface area contributed by atoms with E-state index >= 15 is 0 Å². The molecular weight excluding hydrogens is 300 g/mol. The van der Waals surface area contributed by atoms with Gasteiger partial charge in [-0.3, -0.25) is 0 Å². The molecule has 0 amide bonds. The van der Waals surface area contributed by atoms with Crippen LogP contribution in [0.3, 0.4) is 0 Å². The summed E-state index contributed by atoms with van der Waals surface area (Å²) < 4.78 is 0. The van der Waals surface area contributed by atoms with E-state index in [0.717, 1.165) is 18.2 Å². The number of rotatable bonds is 6. The topological polar surface area (TPSA) is 173 Å². The van der Waals surface area contributed by atoms with E-state index in [-0.39, 0.29) is 19.6 Å². The van der Waals surface area contributed by atoms with Crippen LogP contribution in [-0.4, -0.2) is 67.9 Å². The van der Waals surface area contributed by atoms with Gasteiger partial charge in [-0.2, -0.15) is 0 Å². The van der Waals surface area contributed by atoms with Crippen molar-refractivity contribution in [1.29, 1.82) is 0 Å². The number of hydrogen-bond donors (Lipinski definition) is 6. The van der Waals surface area contributed by atoms with Crippen molar-refractivity contribution in [3.63, 3.8) is 0 Å². The number of aliphatic hydroxyl groups is 3. The van der Waals surface area contributed by atoms with Crippen LogP contribution in [0, 0.1) is 0 Å². The highest BCUT2D eigenvalue weighted by molar-refractivity contribution is 5.79. The van der Waals surface area contributed by atoms with Gasteiger partial charge in [-0.1, -0.05) is 19.7 Å². The molecule has 0 aromatic heterocycles. The Morgan fingerprint density at radius 3 is 1.09 bits per heavy atom. The van der Waals surface area contributed by atoms with Crippen molar-refractivity contribution in [2.24, 2.45) is 0 Å². The Hall–Kier alpha value is -2.49. The van der Waals surface area contributed by atoms with E-state index in [2.05, 4.69) is 19.7 Å². The van der Waals surface area contributed by atoms with E-state index in [9.17, 15) is 14.4 Å². The van der Waals surface area contributed by atoms with Crippen molar-refractivity contribution in [2.45, 2.75) is 12.5 Å². The summed E-state index contributed by atoms with van der Waals surface area (Å²) >= 11 is 0. The zero-order chi connectivity index (χ0) is 18.6. The van der Waals surface area contributed by atoms with E-state index in [0.29, 0.717) is 0 Å². The molecule has 1 unspecified atom stereocenters. The molecule has 0 aliphatic carbocycles. The normalized spacial score (nSPS) is 8.86. The molecule has 22 heavy (non-hydrogen) atoms. The predicted octanol–water partition coefficient (Wildman–Crippen LogP) is -0.507. The average Bonchev–Trinajstić information content (AvgIpc) is 2.49. The Morgan fingerprint density at radius 2 is 1.05 bits per heavy atom. The van der Waals surface area contributed by atoms with Crippen LogP contribution in [-0.2, 0) is 14.4 Å². The summed E-state index contributed by atoms with van der Waals surface area (Å²) in [5, 5.41) is 47.5. The largest absolute Gasteiger partial charge is 0.478 e. The first-order chi connectivity index (χ1) is 10.1. The van der Waals surface area contributed by atoms with Crippen molar-refractivity contribution < 1.29 is 45.0 Å². The van der Waals surface area contributed by atoms with Crippen molar-refractivity contribution in [1.82, 2.24) is 0 Å². The Balaban J connectivity index is -0.0000000995. The molecule has 0 radical (unpaired) electrons. The van der Waals surface area contributed by atoms with Crippen LogP contribution in [0.1, 0.15) is 6.42 Å². The fraction of sp³-hybridized carbons (Fsp3) is 0.308. The second kappa shape index (κ2) is 23.6. The van der Waals surface area contributed by atoms with Crippen LogP contribution >= 0.6 is 0 Å². The van der Waals surface area contributed by atoms with Gasteiger partial charge in [0.1, 0.15) is 0 Å². The van der Waals surface area contributed by atoms with Crippen molar-refractivity contribution in [3.05, 3.63) is 38.0 Å². The van der Waals surface area contributed by atoms with Crippen molar-refractivity contribution >= 4 is 17.9 Å². The van der Waals surface area contributed by atoms with E-state index in [1.54, 1.807) is 0 Å². The van der Waals surface area contributed by atoms with Crippen LogP contribution in [0.4, 0.5) is 0 Å². The second-order valence-corrected chi connectivity index (χ2v) is 2.98. The maximum absolute atomic E-state index is 9.25. The van der Waals surface area contributed by atoms with Gasteiger partial charge in [0.2, 0.25) is 0 Å². The predicted molar refractivity (Wildman–Crippen MR) is 78.3 cm³/mol. The fourth-order valence-corrected chi connectivity index (χ4v) is 0.240. The summed E-state index contributed by atoms with van der Waals surface area (Å²) in [5.41, 5.74) is 0. The van der Waals surface area contributed by atoms with Crippen LogP contribution < -0.4 is 0 Å². The van der Waals surface area contributed by atoms with Crippen LogP contribution in [0.15, 0.2) is 38.0 Å². The van der Waals surface area contributed by atoms with Crippen molar-refractivity contribution in [3.8, 4) is 0 Å². The lowest BCUT2D eigenvalue weighted by molar-refractivity contribution is -0.132. The number of aliphatic hydroxyl groups excluding tert-OH is 3. The Morgan fingerprint density at radius 1 is 0.818 bits per heavy atom. The Bertz CT molecular complexity index is 294. The Labute approximate surface area is 127 Å². The zero-order valence-electron chi connectivity index (χ0n) is 12.0. The van der Waals surface area contributed by atoms with Gasteiger partial charge in [-0.15, -0.1) is 0 Å². The molecule has 1 atom stereocenters. The summed E-state index contributed by atoms with van der Waals surface area (Å²) in [6.45, 7) is 8.55. The minimum Gasteiger partial charge on any atom is -0.478 e. The fourth-order valence-electron chi connectivity index (χ4n) is 0.240. The van der Waals surface area contributed by atoms with Gasteiger partial charge < -0.3 is 30.6 Å². The zero-order valence-corrected chi connectivity index (χ0v) is 12.0. The number of carboxylic acids is 3. The average molecular weight is 322 g/mol. The molecule has 0 aliphatic heterocycles. The SMILES string of the molecule is C=CC(=O)O.C=CC(=O)O.C=CC(=O)O.OCCC(O)CO. The molecule has 0 heterocycles. The van der Waals surface area contributed by atoms with Gasteiger partial charge in [0.25, 0.3) is 0 Å². The number of carboxylic acid groups (broad SMARTS) is 3. The summed E-state index contributed by atoms with van der Waals surface area (Å²) in [6.07, 6.45) is 2.02. The third kappa shape index (κ3) is 65.9. The number of hydrogen-bond acceptors (Lipinski definition) is 6. The number of carbonyl (C=O) groups is 3. The van der Waals surface area contributed by atoms with Gasteiger partial charge in [0, 0.05) is 24.8 Å². The molecule has 9 heteroatoms. The Kier molecular flexibility index (Phi) is 29.8. The molecule has 0 saturated heterocycles. The lowest BCUT2D eigenvalue weighted by Gasteiger charge is -2.00. The van der Waals surface area contributed by atoms with Gasteiger partial charge in [0.05, 0.1) is 12.7 Å². The highest BCUT2D eigenvalue weighted by atomic mass is 16.4. The monoisotopic (exact) mass is 322 g/mol. The molecule has 9 nitrogen and oxygen atoms in total. The molecular formula is C13H22O9. The first kappa shape index (κ1) is 27.8. The first-order valence-corrected chi connectivity index (χ1v) is 5.58. The van der Waals surface area contributed by atoms with E-state index < -0.39 is 24.0 Å². The maximum Gasteiger partial charge on any atom is 0.327 e. The smallest absolute Gasteiger partial charge is 0.327 e. The highest BCUT2D eigenvalue weighted by Gasteiger charge is 1.96.